The molecule has 1 unspecified atom stereocenters. The van der Waals surface area contributed by atoms with Crippen LogP contribution in [0.15, 0.2) is 24.4 Å². The van der Waals surface area contributed by atoms with Crippen molar-refractivity contribution in [1.82, 2.24) is 9.78 Å². The first kappa shape index (κ1) is 12.5. The van der Waals surface area contributed by atoms with Gasteiger partial charge in [-0.3, -0.25) is 0 Å². The number of fused-ring (bicyclic) bond motifs is 1. The number of benzene rings is 1. The Kier molecular flexibility index (Phi) is 3.18. The van der Waals surface area contributed by atoms with E-state index in [9.17, 15) is 0 Å². The van der Waals surface area contributed by atoms with Crippen molar-refractivity contribution in [3.63, 3.8) is 0 Å². The van der Waals surface area contributed by atoms with Crippen LogP contribution in [-0.2, 0) is 11.3 Å². The van der Waals surface area contributed by atoms with Crippen molar-refractivity contribution >= 4 is 11.6 Å². The van der Waals surface area contributed by atoms with Gasteiger partial charge in [0.15, 0.2) is 0 Å². The number of hydrogen-bond donors (Lipinski definition) is 1. The Morgan fingerprint density at radius 3 is 3.16 bits per heavy atom. The zero-order valence-electron chi connectivity index (χ0n) is 10.5. The van der Waals surface area contributed by atoms with Crippen molar-refractivity contribution in [2.24, 2.45) is 5.73 Å². The summed E-state index contributed by atoms with van der Waals surface area (Å²) in [4.78, 5) is 0. The van der Waals surface area contributed by atoms with Crippen LogP contribution in [0, 0.1) is 0 Å². The van der Waals surface area contributed by atoms with E-state index in [4.69, 9.17) is 26.8 Å². The van der Waals surface area contributed by atoms with Gasteiger partial charge in [-0.15, -0.1) is 0 Å². The predicted molar refractivity (Wildman–Crippen MR) is 71.7 cm³/mol. The van der Waals surface area contributed by atoms with Gasteiger partial charge >= 0.3 is 0 Å². The van der Waals surface area contributed by atoms with Gasteiger partial charge in [0, 0.05) is 5.56 Å². The molecule has 1 atom stereocenters. The lowest BCUT2D eigenvalue weighted by Crippen LogP contribution is -2.24. The van der Waals surface area contributed by atoms with Gasteiger partial charge in [0.25, 0.3) is 0 Å². The Bertz CT molecular complexity index is 612. The second kappa shape index (κ2) is 4.85. The van der Waals surface area contributed by atoms with Crippen molar-refractivity contribution in [1.29, 1.82) is 0 Å². The molecule has 0 bridgehead atoms. The van der Waals surface area contributed by atoms with Gasteiger partial charge in [0.1, 0.15) is 10.8 Å². The Hall–Kier alpha value is -1.56. The smallest absolute Gasteiger partial charge is 0.139 e. The molecule has 1 aliphatic rings. The van der Waals surface area contributed by atoms with Crippen LogP contribution in [-0.4, -0.2) is 23.5 Å². The first-order chi connectivity index (χ1) is 9.22. The van der Waals surface area contributed by atoms with Crippen LogP contribution in [0.1, 0.15) is 17.3 Å². The molecule has 1 aliphatic heterocycles. The number of aromatic nitrogens is 2. The van der Waals surface area contributed by atoms with E-state index in [-0.39, 0.29) is 6.04 Å². The lowest BCUT2D eigenvalue weighted by atomic mass is 10.1. The van der Waals surface area contributed by atoms with Gasteiger partial charge < -0.3 is 15.2 Å². The van der Waals surface area contributed by atoms with Gasteiger partial charge in [-0.2, -0.15) is 5.10 Å². The second-order valence-corrected chi connectivity index (χ2v) is 4.75. The van der Waals surface area contributed by atoms with E-state index in [1.807, 2.05) is 18.2 Å². The average Bonchev–Trinajstić information content (AvgIpc) is 2.84. The Morgan fingerprint density at radius 1 is 1.53 bits per heavy atom. The molecular formula is C13H14ClN3O2. The summed E-state index contributed by atoms with van der Waals surface area (Å²) < 4.78 is 12.4. The third kappa shape index (κ3) is 2.00. The molecule has 3 rings (SSSR count). The number of nitrogens with zero attached hydrogens (tertiary/aromatic N) is 2. The molecule has 2 N–H and O–H groups in total. The minimum absolute atomic E-state index is 0.137. The van der Waals surface area contributed by atoms with Crippen LogP contribution in [0.4, 0.5) is 0 Å². The van der Waals surface area contributed by atoms with E-state index >= 15 is 0 Å². The molecule has 2 heterocycles. The topological polar surface area (TPSA) is 62.3 Å². The highest BCUT2D eigenvalue weighted by Crippen LogP contribution is 2.33. The Labute approximate surface area is 115 Å². The summed E-state index contributed by atoms with van der Waals surface area (Å²) in [5.74, 6) is 0.615. The van der Waals surface area contributed by atoms with Gasteiger partial charge in [0.2, 0.25) is 0 Å². The maximum atomic E-state index is 6.32. The lowest BCUT2D eigenvalue weighted by Gasteiger charge is -2.20. The molecule has 1 aromatic carbocycles. The minimum atomic E-state index is -0.137. The van der Waals surface area contributed by atoms with Crippen LogP contribution >= 0.6 is 11.6 Å². The molecule has 0 saturated heterocycles. The molecule has 100 valence electrons. The van der Waals surface area contributed by atoms with E-state index in [1.165, 1.54) is 0 Å². The fourth-order valence-corrected chi connectivity index (χ4v) is 2.52. The molecule has 19 heavy (non-hydrogen) atoms. The quantitative estimate of drug-likeness (QED) is 0.914. The van der Waals surface area contributed by atoms with Crippen molar-refractivity contribution in [3.05, 3.63) is 40.7 Å². The van der Waals surface area contributed by atoms with Gasteiger partial charge in [-0.05, 0) is 12.1 Å². The fourth-order valence-electron chi connectivity index (χ4n) is 2.24. The number of halogens is 1. The van der Waals surface area contributed by atoms with E-state index in [2.05, 4.69) is 5.10 Å². The third-order valence-corrected chi connectivity index (χ3v) is 3.61. The molecule has 0 amide bonds. The van der Waals surface area contributed by atoms with Crippen molar-refractivity contribution < 1.29 is 9.47 Å². The molecule has 0 saturated carbocycles. The zero-order chi connectivity index (χ0) is 13.4. The number of hydrogen-bond acceptors (Lipinski definition) is 4. The highest BCUT2D eigenvalue weighted by Gasteiger charge is 2.23. The maximum Gasteiger partial charge on any atom is 0.139 e. The second-order valence-electron chi connectivity index (χ2n) is 4.37. The summed E-state index contributed by atoms with van der Waals surface area (Å²) in [6.07, 6.45) is 1.78. The van der Waals surface area contributed by atoms with Crippen LogP contribution < -0.4 is 10.5 Å². The molecule has 0 radical (unpaired) electrons. The van der Waals surface area contributed by atoms with Crippen LogP contribution in [0.3, 0.4) is 0 Å². The number of methoxy groups -OCH3 is 1. The number of rotatable bonds is 2. The molecule has 6 heteroatoms. The highest BCUT2D eigenvalue weighted by molar-refractivity contribution is 6.33. The molecular weight excluding hydrogens is 266 g/mol. The molecule has 5 nitrogen and oxygen atoms in total. The highest BCUT2D eigenvalue weighted by atomic mass is 35.5. The van der Waals surface area contributed by atoms with Crippen LogP contribution in [0.2, 0.25) is 5.02 Å². The first-order valence-corrected chi connectivity index (χ1v) is 6.33. The molecule has 2 aromatic rings. The standard InChI is InChI=1S/C13H14ClN3O2/c1-18-12-4-2-3-10(13(12)14)17-11-7-19-6-9(15)8(11)5-16-17/h2-5,9H,6-7,15H2,1H3. The fraction of sp³-hybridized carbons (Fsp3) is 0.308. The predicted octanol–water partition coefficient (Wildman–Crippen LogP) is 2.06. The van der Waals surface area contributed by atoms with E-state index in [0.29, 0.717) is 24.0 Å². The van der Waals surface area contributed by atoms with Gasteiger partial charge in [-0.25, -0.2) is 4.68 Å². The minimum Gasteiger partial charge on any atom is -0.495 e. The Morgan fingerprint density at radius 2 is 2.37 bits per heavy atom. The van der Waals surface area contributed by atoms with Gasteiger partial charge in [-0.1, -0.05) is 17.7 Å². The van der Waals surface area contributed by atoms with Crippen molar-refractivity contribution in [3.8, 4) is 11.4 Å². The maximum absolute atomic E-state index is 6.32. The van der Waals surface area contributed by atoms with E-state index in [1.54, 1.807) is 18.0 Å². The summed E-state index contributed by atoms with van der Waals surface area (Å²) >= 11 is 6.32. The van der Waals surface area contributed by atoms with E-state index < -0.39 is 0 Å². The first-order valence-electron chi connectivity index (χ1n) is 5.95. The summed E-state index contributed by atoms with van der Waals surface area (Å²) in [6.45, 7) is 1.00. The van der Waals surface area contributed by atoms with Crippen LogP contribution in [0.5, 0.6) is 5.75 Å². The van der Waals surface area contributed by atoms with E-state index in [0.717, 1.165) is 16.9 Å². The largest absolute Gasteiger partial charge is 0.495 e. The molecule has 0 aliphatic carbocycles. The summed E-state index contributed by atoms with van der Waals surface area (Å²) in [5, 5.41) is 4.89. The van der Waals surface area contributed by atoms with Crippen molar-refractivity contribution in [2.75, 3.05) is 13.7 Å². The summed E-state index contributed by atoms with van der Waals surface area (Å²) in [5.41, 5.74) is 8.70. The van der Waals surface area contributed by atoms with Gasteiger partial charge in [0.05, 0.1) is 43.9 Å². The molecule has 0 fully saturated rings. The number of ether oxygens (including phenoxy) is 2. The molecule has 1 aromatic heterocycles. The SMILES string of the molecule is COc1cccc(-n2ncc3c2COCC3N)c1Cl. The molecule has 0 spiro atoms. The Balaban J connectivity index is 2.13. The summed E-state index contributed by atoms with van der Waals surface area (Å²) in [7, 11) is 1.59. The lowest BCUT2D eigenvalue weighted by molar-refractivity contribution is 0.0885. The van der Waals surface area contributed by atoms with Crippen LogP contribution in [0.25, 0.3) is 5.69 Å². The third-order valence-electron chi connectivity index (χ3n) is 3.23. The average molecular weight is 280 g/mol. The summed E-state index contributed by atoms with van der Waals surface area (Å²) in [6, 6.07) is 5.43. The monoisotopic (exact) mass is 279 g/mol. The number of nitrogens with two attached hydrogens (primary N) is 1. The normalized spacial score (nSPS) is 18.2. The van der Waals surface area contributed by atoms with Crippen molar-refractivity contribution in [2.45, 2.75) is 12.6 Å². The zero-order valence-corrected chi connectivity index (χ0v) is 11.2.